The van der Waals surface area contributed by atoms with Crippen molar-refractivity contribution in [2.24, 2.45) is 0 Å². The molecule has 8 nitrogen and oxygen atoms in total. The zero-order valence-corrected chi connectivity index (χ0v) is 18.8. The van der Waals surface area contributed by atoms with Crippen molar-refractivity contribution in [1.29, 1.82) is 0 Å². The van der Waals surface area contributed by atoms with Crippen LogP contribution < -0.4 is 15.4 Å². The van der Waals surface area contributed by atoms with Gasteiger partial charge < -0.3 is 15.4 Å². The van der Waals surface area contributed by atoms with Crippen LogP contribution in [0.5, 0.6) is 5.75 Å². The second kappa shape index (κ2) is 9.99. The van der Waals surface area contributed by atoms with Gasteiger partial charge in [-0.15, -0.1) is 10.2 Å². The van der Waals surface area contributed by atoms with E-state index in [4.69, 9.17) is 9.72 Å². The number of pyridine rings is 1. The highest BCUT2D eigenvalue weighted by atomic mass is 16.5. The predicted molar refractivity (Wildman–Crippen MR) is 135 cm³/mol. The fraction of sp³-hybridized carbons (Fsp3) is 0.154. The summed E-state index contributed by atoms with van der Waals surface area (Å²) in [6.07, 6.45) is 0.959. The van der Waals surface area contributed by atoms with Gasteiger partial charge in [-0.05, 0) is 72.3 Å². The molecule has 8 heteroatoms. The molecule has 0 aliphatic carbocycles. The van der Waals surface area contributed by atoms with Gasteiger partial charge in [0.25, 0.3) is 0 Å². The lowest BCUT2D eigenvalue weighted by molar-refractivity contribution is 0.415. The molecule has 2 aromatic heterocycles. The molecule has 0 aliphatic rings. The lowest BCUT2D eigenvalue weighted by Gasteiger charge is -2.13. The van der Waals surface area contributed by atoms with Crippen LogP contribution in [-0.2, 0) is 0 Å². The maximum Gasteiger partial charge on any atom is 0.204 e. The molecule has 0 unspecified atom stereocenters. The topological polar surface area (TPSA) is 101 Å². The number of hydrogen-bond acceptors (Lipinski definition) is 7. The molecule has 0 aliphatic heterocycles. The molecule has 0 bridgehead atoms. The molecule has 170 valence electrons. The van der Waals surface area contributed by atoms with Crippen molar-refractivity contribution >= 4 is 22.3 Å². The second-order valence-corrected chi connectivity index (χ2v) is 7.82. The lowest BCUT2D eigenvalue weighted by atomic mass is 10.1. The number of methoxy groups -OCH3 is 1. The van der Waals surface area contributed by atoms with Crippen molar-refractivity contribution in [2.75, 3.05) is 30.8 Å². The highest BCUT2D eigenvalue weighted by molar-refractivity contribution is 5.93. The predicted octanol–water partition coefficient (Wildman–Crippen LogP) is 5.00. The summed E-state index contributed by atoms with van der Waals surface area (Å²) in [5.41, 5.74) is 6.03. The number of aromatic nitrogens is 5. The summed E-state index contributed by atoms with van der Waals surface area (Å²) in [5.74, 6) is 1.43. The molecule has 3 N–H and O–H groups in total. The molecule has 0 fully saturated rings. The number of benzene rings is 3. The number of anilines is 2. The minimum Gasteiger partial charge on any atom is -0.497 e. The Labute approximate surface area is 197 Å². The first-order valence-electron chi connectivity index (χ1n) is 11.2. The Morgan fingerprint density at radius 1 is 0.853 bits per heavy atom. The van der Waals surface area contributed by atoms with Crippen LogP contribution >= 0.6 is 0 Å². The van der Waals surface area contributed by atoms with Gasteiger partial charge in [0.2, 0.25) is 5.82 Å². The first kappa shape index (κ1) is 21.4. The molecule has 0 amide bonds. The van der Waals surface area contributed by atoms with E-state index in [1.807, 2.05) is 66.7 Å². The number of nitrogens with zero attached hydrogens (tertiary/aromatic N) is 4. The fourth-order valence-electron chi connectivity index (χ4n) is 3.80. The minimum absolute atomic E-state index is 0.592. The average Bonchev–Trinajstić information content (AvgIpc) is 3.44. The molecular formula is C26H25N7O. The van der Waals surface area contributed by atoms with Gasteiger partial charge in [0.15, 0.2) is 0 Å². The quantitative estimate of drug-likeness (QED) is 0.271. The third kappa shape index (κ3) is 4.80. The molecule has 0 radical (unpaired) electrons. The van der Waals surface area contributed by atoms with E-state index in [1.165, 1.54) is 0 Å². The largest absolute Gasteiger partial charge is 0.497 e. The molecule has 34 heavy (non-hydrogen) atoms. The Hall–Kier alpha value is -4.46. The van der Waals surface area contributed by atoms with E-state index in [9.17, 15) is 0 Å². The zero-order chi connectivity index (χ0) is 23.2. The van der Waals surface area contributed by atoms with Gasteiger partial charge in [0, 0.05) is 41.0 Å². The number of H-pyrrole nitrogens is 1. The van der Waals surface area contributed by atoms with Gasteiger partial charge in [0.05, 0.1) is 18.3 Å². The summed E-state index contributed by atoms with van der Waals surface area (Å²) in [7, 11) is 1.67. The van der Waals surface area contributed by atoms with E-state index >= 15 is 0 Å². The van der Waals surface area contributed by atoms with E-state index in [0.717, 1.165) is 64.4 Å². The summed E-state index contributed by atoms with van der Waals surface area (Å²) >= 11 is 0. The van der Waals surface area contributed by atoms with Crippen LogP contribution in [-0.4, -0.2) is 45.8 Å². The number of fused-ring (bicyclic) bond motifs is 1. The third-order valence-corrected chi connectivity index (χ3v) is 5.59. The van der Waals surface area contributed by atoms with Crippen LogP contribution in [0.15, 0.2) is 78.9 Å². The summed E-state index contributed by atoms with van der Waals surface area (Å²) in [5, 5.41) is 22.2. The first-order chi connectivity index (χ1) is 16.8. The average molecular weight is 452 g/mol. The maximum atomic E-state index is 5.28. The molecular weight excluding hydrogens is 426 g/mol. The van der Waals surface area contributed by atoms with Crippen molar-refractivity contribution in [3.63, 3.8) is 0 Å². The molecule has 0 saturated carbocycles. The SMILES string of the molecule is COc1ccc(-c2cc(NCCCNc3ccc(-c4nn[nH]n4)cc3)c3ccccc3n2)cc1. The van der Waals surface area contributed by atoms with Crippen molar-refractivity contribution in [3.8, 4) is 28.4 Å². The van der Waals surface area contributed by atoms with Crippen LogP contribution in [0.4, 0.5) is 11.4 Å². The van der Waals surface area contributed by atoms with Gasteiger partial charge in [-0.1, -0.05) is 18.2 Å². The Bertz CT molecular complexity index is 1350. The summed E-state index contributed by atoms with van der Waals surface area (Å²) in [6, 6.07) is 26.3. The molecule has 5 rings (SSSR count). The Balaban J connectivity index is 1.22. The van der Waals surface area contributed by atoms with Crippen molar-refractivity contribution in [1.82, 2.24) is 25.6 Å². The summed E-state index contributed by atoms with van der Waals surface area (Å²) < 4.78 is 5.28. The number of hydrogen-bond donors (Lipinski definition) is 3. The molecule has 2 heterocycles. The molecule has 3 aromatic carbocycles. The van der Waals surface area contributed by atoms with Gasteiger partial charge in [0.1, 0.15) is 5.75 Å². The molecule has 0 spiro atoms. The highest BCUT2D eigenvalue weighted by Crippen LogP contribution is 2.29. The minimum atomic E-state index is 0.592. The fourth-order valence-corrected chi connectivity index (χ4v) is 3.80. The van der Waals surface area contributed by atoms with Gasteiger partial charge in [-0.2, -0.15) is 5.21 Å². The Morgan fingerprint density at radius 2 is 1.62 bits per heavy atom. The van der Waals surface area contributed by atoms with E-state index < -0.39 is 0 Å². The first-order valence-corrected chi connectivity index (χ1v) is 11.2. The smallest absolute Gasteiger partial charge is 0.204 e. The second-order valence-electron chi connectivity index (χ2n) is 7.82. The number of para-hydroxylation sites is 1. The number of rotatable bonds is 9. The lowest BCUT2D eigenvalue weighted by Crippen LogP contribution is -2.09. The molecule has 0 saturated heterocycles. The number of ether oxygens (including phenoxy) is 1. The number of tetrazole rings is 1. The molecule has 5 aromatic rings. The van der Waals surface area contributed by atoms with E-state index in [-0.39, 0.29) is 0 Å². The van der Waals surface area contributed by atoms with Gasteiger partial charge >= 0.3 is 0 Å². The molecule has 0 atom stereocenters. The Kier molecular flexibility index (Phi) is 6.29. The van der Waals surface area contributed by atoms with E-state index in [2.05, 4.69) is 43.4 Å². The van der Waals surface area contributed by atoms with E-state index in [0.29, 0.717) is 5.82 Å². The highest BCUT2D eigenvalue weighted by Gasteiger charge is 2.08. The van der Waals surface area contributed by atoms with Crippen LogP contribution in [0.2, 0.25) is 0 Å². The monoisotopic (exact) mass is 451 g/mol. The van der Waals surface area contributed by atoms with Gasteiger partial charge in [-0.25, -0.2) is 4.98 Å². The zero-order valence-electron chi connectivity index (χ0n) is 18.8. The third-order valence-electron chi connectivity index (χ3n) is 5.59. The van der Waals surface area contributed by atoms with Gasteiger partial charge in [-0.3, -0.25) is 0 Å². The van der Waals surface area contributed by atoms with Crippen molar-refractivity contribution < 1.29 is 4.74 Å². The van der Waals surface area contributed by atoms with Crippen LogP contribution in [0.1, 0.15) is 6.42 Å². The summed E-state index contributed by atoms with van der Waals surface area (Å²) in [4.78, 5) is 4.86. The number of nitrogens with one attached hydrogen (secondary N) is 3. The van der Waals surface area contributed by atoms with Crippen LogP contribution in [0.3, 0.4) is 0 Å². The maximum absolute atomic E-state index is 5.28. The van der Waals surface area contributed by atoms with Crippen LogP contribution in [0, 0.1) is 0 Å². The normalized spacial score (nSPS) is 10.9. The van der Waals surface area contributed by atoms with Crippen molar-refractivity contribution in [2.45, 2.75) is 6.42 Å². The van der Waals surface area contributed by atoms with E-state index in [1.54, 1.807) is 7.11 Å². The standard InChI is InChI=1S/C26H25N7O/c1-34-21-13-9-18(10-14-21)24-17-25(22-5-2-3-6-23(22)29-24)28-16-4-15-27-20-11-7-19(8-12-20)26-30-32-33-31-26/h2-3,5-14,17,27H,4,15-16H2,1H3,(H,28,29)(H,30,31,32,33). The van der Waals surface area contributed by atoms with Crippen LogP contribution in [0.25, 0.3) is 33.5 Å². The number of aromatic amines is 1. The summed E-state index contributed by atoms with van der Waals surface area (Å²) in [6.45, 7) is 1.69. The van der Waals surface area contributed by atoms with Crippen molar-refractivity contribution in [3.05, 3.63) is 78.9 Å². The Morgan fingerprint density at radius 3 is 2.38 bits per heavy atom.